The Bertz CT molecular complexity index is 2030. The molecule has 2 aliphatic carbocycles. The molecule has 1 fully saturated rings. The molecule has 1 saturated carbocycles. The summed E-state index contributed by atoms with van der Waals surface area (Å²) in [7, 11) is 6.71. The van der Waals surface area contributed by atoms with Crippen LogP contribution in [0.25, 0.3) is 11.1 Å². The number of nitrogens with zero attached hydrogens (tertiary/aromatic N) is 3. The van der Waals surface area contributed by atoms with Gasteiger partial charge in [-0.15, -0.1) is 0 Å². The summed E-state index contributed by atoms with van der Waals surface area (Å²) >= 11 is 13.6. The number of ether oxygens (including phenoxy) is 3. The van der Waals surface area contributed by atoms with Gasteiger partial charge in [-0.25, -0.2) is 9.37 Å². The predicted octanol–water partition coefficient (Wildman–Crippen LogP) is 7.03. The number of likely N-dealkylation sites (N-methyl/N-ethyl adjacent to an activating group) is 1. The molecule has 268 valence electrons. The van der Waals surface area contributed by atoms with Crippen LogP contribution in [-0.2, 0) is 42.5 Å². The van der Waals surface area contributed by atoms with E-state index in [-0.39, 0.29) is 40.5 Å². The van der Waals surface area contributed by atoms with Crippen LogP contribution in [0, 0.1) is 5.82 Å². The van der Waals surface area contributed by atoms with E-state index in [9.17, 15) is 9.59 Å². The molecule has 1 atom stereocenters. The van der Waals surface area contributed by atoms with Gasteiger partial charge >= 0.3 is 5.97 Å². The number of hydrogen-bond donors (Lipinski definition) is 2. The summed E-state index contributed by atoms with van der Waals surface area (Å²) < 4.78 is 34.6. The van der Waals surface area contributed by atoms with Gasteiger partial charge in [-0.1, -0.05) is 53.5 Å². The summed E-state index contributed by atoms with van der Waals surface area (Å²) in [6, 6.07) is 13.1. The van der Waals surface area contributed by atoms with E-state index in [0.717, 1.165) is 53.0 Å². The Morgan fingerprint density at radius 2 is 1.80 bits per heavy atom. The topological polar surface area (TPSA) is 107 Å². The molecule has 2 heterocycles. The molecule has 0 radical (unpaired) electrons. The second-order valence-corrected chi connectivity index (χ2v) is 14.2. The van der Waals surface area contributed by atoms with Crippen LogP contribution in [0.5, 0.6) is 11.5 Å². The fourth-order valence-electron chi connectivity index (χ4n) is 7.51. The number of carbonyl (C=O) groups excluding carboxylic acids is 2. The van der Waals surface area contributed by atoms with Crippen molar-refractivity contribution in [1.82, 2.24) is 19.8 Å². The van der Waals surface area contributed by atoms with Crippen LogP contribution < -0.4 is 20.1 Å². The lowest BCUT2D eigenvalue weighted by molar-refractivity contribution is -0.152. The fourth-order valence-corrected chi connectivity index (χ4v) is 8.00. The van der Waals surface area contributed by atoms with Gasteiger partial charge in [0.1, 0.15) is 28.2 Å². The van der Waals surface area contributed by atoms with E-state index in [0.29, 0.717) is 48.8 Å². The highest BCUT2D eigenvalue weighted by Gasteiger charge is 2.45. The minimum absolute atomic E-state index is 0.0291. The first-order valence-electron chi connectivity index (χ1n) is 17.0. The zero-order valence-corrected chi connectivity index (χ0v) is 30.5. The summed E-state index contributed by atoms with van der Waals surface area (Å²) in [5.41, 5.74) is 5.51. The largest absolute Gasteiger partial charge is 0.496 e. The van der Waals surface area contributed by atoms with Crippen molar-refractivity contribution in [1.29, 1.82) is 0 Å². The average Bonchev–Trinajstić information content (AvgIpc) is 3.67. The number of rotatable bonds is 10. The van der Waals surface area contributed by atoms with E-state index in [2.05, 4.69) is 20.5 Å². The van der Waals surface area contributed by atoms with Crippen LogP contribution >= 0.6 is 23.2 Å². The molecule has 10 nitrogen and oxygen atoms in total. The molecule has 0 saturated heterocycles. The number of methoxy groups -OCH3 is 2. The van der Waals surface area contributed by atoms with E-state index in [4.69, 9.17) is 37.4 Å². The number of imidazole rings is 1. The quantitative estimate of drug-likeness (QED) is 0.167. The lowest BCUT2D eigenvalue weighted by atomic mass is 9.76. The molecule has 7 rings (SSSR count). The molecular formula is C38H40Cl2FN5O5. The molecule has 4 aromatic rings. The van der Waals surface area contributed by atoms with Gasteiger partial charge < -0.3 is 29.0 Å². The van der Waals surface area contributed by atoms with Crippen molar-refractivity contribution in [2.45, 2.75) is 63.3 Å². The van der Waals surface area contributed by atoms with E-state index < -0.39 is 17.5 Å². The van der Waals surface area contributed by atoms with Gasteiger partial charge in [-0.05, 0) is 61.9 Å². The van der Waals surface area contributed by atoms with Crippen LogP contribution in [0.2, 0.25) is 10.0 Å². The van der Waals surface area contributed by atoms with Crippen LogP contribution in [-0.4, -0.2) is 59.7 Å². The molecule has 1 amide bonds. The van der Waals surface area contributed by atoms with E-state index in [1.54, 1.807) is 12.1 Å². The number of halogens is 3. The average molecular weight is 737 g/mol. The lowest BCUT2D eigenvalue weighted by Gasteiger charge is -2.39. The Labute approximate surface area is 306 Å². The van der Waals surface area contributed by atoms with Crippen molar-refractivity contribution < 1.29 is 28.2 Å². The maximum Gasteiger partial charge on any atom is 0.326 e. The summed E-state index contributed by atoms with van der Waals surface area (Å²) in [6.07, 6.45) is 3.83. The van der Waals surface area contributed by atoms with Crippen LogP contribution in [0.1, 0.15) is 70.5 Å². The molecule has 0 spiro atoms. The van der Waals surface area contributed by atoms with E-state index in [1.807, 2.05) is 49.0 Å². The third-order valence-corrected chi connectivity index (χ3v) is 11.3. The molecule has 1 aliphatic heterocycles. The van der Waals surface area contributed by atoms with Gasteiger partial charge in [0.25, 0.3) is 5.91 Å². The molecular weight excluding hydrogens is 696 g/mol. The summed E-state index contributed by atoms with van der Waals surface area (Å²) in [4.78, 5) is 32.7. The van der Waals surface area contributed by atoms with Gasteiger partial charge in [-0.3, -0.25) is 14.9 Å². The molecule has 13 heteroatoms. The second kappa shape index (κ2) is 14.1. The fraction of sp³-hybridized carbons (Fsp3) is 0.395. The van der Waals surface area contributed by atoms with Crippen LogP contribution in [0.4, 0.5) is 10.1 Å². The van der Waals surface area contributed by atoms with Crippen molar-refractivity contribution in [3.63, 3.8) is 0 Å². The third-order valence-electron chi connectivity index (χ3n) is 10.5. The first-order chi connectivity index (χ1) is 24.5. The lowest BCUT2D eigenvalue weighted by Crippen LogP contribution is -2.57. The molecule has 51 heavy (non-hydrogen) atoms. The van der Waals surface area contributed by atoms with Gasteiger partial charge in [-0.2, -0.15) is 0 Å². The minimum atomic E-state index is -0.844. The van der Waals surface area contributed by atoms with Crippen LogP contribution in [0.15, 0.2) is 42.5 Å². The number of anilines is 1. The number of carbonyl (C=O) groups is 2. The van der Waals surface area contributed by atoms with E-state index in [1.165, 1.54) is 14.2 Å². The maximum absolute atomic E-state index is 15.8. The number of esters is 1. The van der Waals surface area contributed by atoms with Crippen LogP contribution in [0.3, 0.4) is 0 Å². The van der Waals surface area contributed by atoms with Gasteiger partial charge in [0.05, 0.1) is 30.6 Å². The summed E-state index contributed by atoms with van der Waals surface area (Å²) in [6.45, 7) is 1.64. The Hall–Kier alpha value is -4.16. The minimum Gasteiger partial charge on any atom is -0.496 e. The number of benzene rings is 3. The Morgan fingerprint density at radius 3 is 2.53 bits per heavy atom. The number of amides is 1. The molecule has 0 bridgehead atoms. The second-order valence-electron chi connectivity index (χ2n) is 13.5. The predicted molar refractivity (Wildman–Crippen MR) is 193 cm³/mol. The zero-order valence-electron chi connectivity index (χ0n) is 29.0. The molecule has 3 aromatic carbocycles. The van der Waals surface area contributed by atoms with E-state index >= 15 is 4.39 Å². The molecule has 2 N–H and O–H groups in total. The van der Waals surface area contributed by atoms with Gasteiger partial charge in [0.15, 0.2) is 11.6 Å². The van der Waals surface area contributed by atoms with Crippen molar-refractivity contribution in [3.8, 4) is 22.6 Å². The zero-order chi connectivity index (χ0) is 36.0. The number of aromatic nitrogens is 2. The third kappa shape index (κ3) is 6.34. The standard InChI is InChI=1S/C38H40Cl2FN5O5/c1-45-17-14-28-27(20-45)43-35(46(28)2)36(47)44-26-11-6-10-24(32(26)39)21-8-5-9-23-22(21)12-13-29(23)51-31-18-30(49-3)25(34(41)33(31)40)19-42-38(15-7-16-38)37(48)50-4/h5-6,8-11,18,29,42H,7,12-17,19-20H2,1-4H3,(H,44,47). The van der Waals surface area contributed by atoms with Gasteiger partial charge in [0, 0.05) is 56.0 Å². The Balaban J connectivity index is 1.11. The highest BCUT2D eigenvalue weighted by Crippen LogP contribution is 2.46. The smallest absolute Gasteiger partial charge is 0.326 e. The SMILES string of the molecule is COC(=O)C1(NCc2c(OC)cc(OC3CCc4c(-c5cccc(NC(=O)c6nc7c(n6C)CCN(C)C7)c5Cl)cccc43)c(Cl)c2F)CCC1. The maximum atomic E-state index is 15.8. The Morgan fingerprint density at radius 1 is 1.04 bits per heavy atom. The van der Waals surface area contributed by atoms with Crippen molar-refractivity contribution in [3.05, 3.63) is 92.2 Å². The number of nitrogens with one attached hydrogen (secondary N) is 2. The van der Waals surface area contributed by atoms with Crippen molar-refractivity contribution in [2.75, 3.05) is 33.1 Å². The van der Waals surface area contributed by atoms with Crippen molar-refractivity contribution in [2.24, 2.45) is 7.05 Å². The molecule has 3 aliphatic rings. The highest BCUT2D eigenvalue weighted by molar-refractivity contribution is 6.36. The first kappa shape index (κ1) is 35.3. The number of fused-ring (bicyclic) bond motifs is 2. The Kier molecular flexibility index (Phi) is 9.75. The van der Waals surface area contributed by atoms with Gasteiger partial charge in [0.2, 0.25) is 0 Å². The summed E-state index contributed by atoms with van der Waals surface area (Å²) in [5, 5.41) is 6.41. The highest BCUT2D eigenvalue weighted by atomic mass is 35.5. The monoisotopic (exact) mass is 735 g/mol. The first-order valence-corrected chi connectivity index (χ1v) is 17.8. The molecule has 1 aromatic heterocycles. The summed E-state index contributed by atoms with van der Waals surface area (Å²) in [5.74, 6) is -0.603. The molecule has 1 unspecified atom stereocenters. The van der Waals surface area contributed by atoms with Crippen molar-refractivity contribution >= 4 is 40.8 Å². The normalized spacial score (nSPS) is 17.7. The number of hydrogen-bond acceptors (Lipinski definition) is 8.